The van der Waals surface area contributed by atoms with Crippen molar-refractivity contribution in [2.24, 2.45) is 5.92 Å². The van der Waals surface area contributed by atoms with E-state index in [1.54, 1.807) is 0 Å². The van der Waals surface area contributed by atoms with Gasteiger partial charge in [-0.3, -0.25) is 4.79 Å². The molecule has 12 nitrogen and oxygen atoms in total. The van der Waals surface area contributed by atoms with Crippen LogP contribution in [0.4, 0.5) is 8.78 Å². The Hall–Kier alpha value is -4.60. The van der Waals surface area contributed by atoms with Crippen molar-refractivity contribution >= 4 is 45.1 Å². The lowest BCUT2D eigenvalue weighted by Crippen LogP contribution is -2.26. The van der Waals surface area contributed by atoms with E-state index in [9.17, 15) is 37.1 Å². The van der Waals surface area contributed by atoms with Crippen LogP contribution >= 0.6 is 23.2 Å². The Kier molecular flexibility index (Phi) is 10.6. The number of hydrogen-bond acceptors (Lipinski definition) is 9. The number of nitrogens with zero attached hydrogens (tertiary/aromatic N) is 3. The van der Waals surface area contributed by atoms with Crippen molar-refractivity contribution in [2.75, 3.05) is 20.7 Å². The molecule has 1 atom stereocenters. The Morgan fingerprint density at radius 3 is 2.41 bits per heavy atom. The molecule has 0 aliphatic heterocycles. The number of ether oxygens (including phenoxy) is 3. The smallest absolute Gasteiger partial charge is 0.387 e. The van der Waals surface area contributed by atoms with Gasteiger partial charge in [-0.25, -0.2) is 17.2 Å². The minimum Gasteiger partial charge on any atom is -0.619 e. The fraction of sp³-hybridized carbons (Fsp3) is 0.281. The Balaban J connectivity index is 1.52. The molecule has 1 fully saturated rings. The van der Waals surface area contributed by atoms with Crippen LogP contribution in [0.25, 0.3) is 0 Å². The average molecular weight is 741 g/mol. The molecule has 2 aromatic heterocycles. The molecule has 0 spiro atoms. The van der Waals surface area contributed by atoms with Gasteiger partial charge in [0.2, 0.25) is 0 Å². The van der Waals surface area contributed by atoms with E-state index in [-0.39, 0.29) is 57.2 Å². The van der Waals surface area contributed by atoms with E-state index < -0.39 is 51.0 Å². The number of carbonyl (C=O) groups is 2. The van der Waals surface area contributed by atoms with Gasteiger partial charge in [0, 0.05) is 32.3 Å². The van der Waals surface area contributed by atoms with Crippen LogP contribution in [-0.4, -0.2) is 61.6 Å². The summed E-state index contributed by atoms with van der Waals surface area (Å²) in [5.41, 5.74) is -0.300. The molecule has 1 amide bonds. The third-order valence-electron chi connectivity index (χ3n) is 7.51. The molecular formula is C32H29Cl2F2N3O9S. The SMILES string of the molecule is CN(C)C(=O)c1cc(S(=O)(=O)n2cccc2C(=O)O[C@@H](Cc2c(Cl)c[n+]([O-])cc2Cl)c2ccc(OC(F)F)c(OCC3CC3)c2)ccc1O. The molecule has 0 saturated heterocycles. The molecule has 4 aromatic rings. The van der Waals surface area contributed by atoms with Crippen LogP contribution in [0.1, 0.15) is 50.9 Å². The van der Waals surface area contributed by atoms with Crippen molar-refractivity contribution in [1.82, 2.24) is 8.87 Å². The van der Waals surface area contributed by atoms with Crippen molar-refractivity contribution in [3.8, 4) is 17.2 Å². The first kappa shape index (κ1) is 35.7. The third-order valence-corrected chi connectivity index (χ3v) is 9.84. The van der Waals surface area contributed by atoms with E-state index in [1.807, 2.05) is 0 Å². The molecule has 2 aromatic carbocycles. The Bertz CT molecular complexity index is 1980. The first-order valence-electron chi connectivity index (χ1n) is 14.6. The van der Waals surface area contributed by atoms with E-state index >= 15 is 0 Å². The molecule has 1 N–H and O–H groups in total. The van der Waals surface area contributed by atoms with E-state index in [1.165, 1.54) is 44.4 Å². The van der Waals surface area contributed by atoms with Crippen molar-refractivity contribution in [2.45, 2.75) is 36.9 Å². The number of amides is 1. The Labute approximate surface area is 289 Å². The number of carbonyl (C=O) groups excluding carboxylic acids is 2. The van der Waals surface area contributed by atoms with Gasteiger partial charge < -0.3 is 29.4 Å². The minimum atomic E-state index is -4.53. The summed E-state index contributed by atoms with van der Waals surface area (Å²) in [6.07, 6.45) is 3.48. The molecule has 260 valence electrons. The molecule has 0 unspecified atom stereocenters. The number of esters is 1. The van der Waals surface area contributed by atoms with Crippen LogP contribution in [0.15, 0.2) is 72.0 Å². The Morgan fingerprint density at radius 1 is 1.08 bits per heavy atom. The van der Waals surface area contributed by atoms with E-state index in [2.05, 4.69) is 4.74 Å². The van der Waals surface area contributed by atoms with Gasteiger partial charge in [-0.15, -0.1) is 0 Å². The van der Waals surface area contributed by atoms with Gasteiger partial charge in [-0.05, 0) is 66.8 Å². The number of pyridine rings is 1. The summed E-state index contributed by atoms with van der Waals surface area (Å²) < 4.78 is 71.2. The lowest BCUT2D eigenvalue weighted by molar-refractivity contribution is -0.605. The number of alkyl halides is 2. The summed E-state index contributed by atoms with van der Waals surface area (Å²) in [6, 6.07) is 9.50. The molecule has 1 aliphatic carbocycles. The molecule has 17 heteroatoms. The zero-order chi connectivity index (χ0) is 35.6. The minimum absolute atomic E-state index is 0.0465. The summed E-state index contributed by atoms with van der Waals surface area (Å²) in [4.78, 5) is 27.1. The number of phenols is 1. The maximum atomic E-state index is 13.8. The third kappa shape index (κ3) is 8.17. The van der Waals surface area contributed by atoms with Crippen LogP contribution in [0.5, 0.6) is 17.2 Å². The fourth-order valence-electron chi connectivity index (χ4n) is 4.79. The van der Waals surface area contributed by atoms with Crippen LogP contribution < -0.4 is 14.2 Å². The summed E-state index contributed by atoms with van der Waals surface area (Å²) in [5.74, 6) is -2.28. The normalized spacial score (nSPS) is 13.6. The van der Waals surface area contributed by atoms with Crippen molar-refractivity contribution < 1.29 is 50.8 Å². The summed E-state index contributed by atoms with van der Waals surface area (Å²) >= 11 is 12.6. The predicted octanol–water partition coefficient (Wildman–Crippen LogP) is 5.60. The van der Waals surface area contributed by atoms with Gasteiger partial charge in [0.1, 0.15) is 27.6 Å². The highest BCUT2D eigenvalue weighted by Gasteiger charge is 2.30. The first-order valence-corrected chi connectivity index (χ1v) is 16.8. The zero-order valence-electron chi connectivity index (χ0n) is 25.9. The monoisotopic (exact) mass is 739 g/mol. The molecule has 1 aliphatic rings. The quantitative estimate of drug-likeness (QED) is 0.105. The second kappa shape index (κ2) is 14.5. The maximum Gasteiger partial charge on any atom is 0.387 e. The number of rotatable bonds is 13. The van der Waals surface area contributed by atoms with Gasteiger partial charge in [0.15, 0.2) is 23.9 Å². The number of hydrogen-bond donors (Lipinski definition) is 1. The van der Waals surface area contributed by atoms with Gasteiger partial charge in [0.25, 0.3) is 15.9 Å². The number of benzene rings is 2. The highest BCUT2D eigenvalue weighted by Crippen LogP contribution is 2.38. The first-order chi connectivity index (χ1) is 23.1. The topological polar surface area (TPSA) is 151 Å². The van der Waals surface area contributed by atoms with Crippen LogP contribution in [0.2, 0.25) is 10.0 Å². The fourth-order valence-corrected chi connectivity index (χ4v) is 6.74. The number of aromatic nitrogens is 2. The number of halogens is 4. The van der Waals surface area contributed by atoms with Crippen molar-refractivity contribution in [3.63, 3.8) is 0 Å². The second-order valence-electron chi connectivity index (χ2n) is 11.3. The maximum absolute atomic E-state index is 13.8. The molecular weight excluding hydrogens is 711 g/mol. The summed E-state index contributed by atoms with van der Waals surface area (Å²) in [5, 5.41) is 22.0. The van der Waals surface area contributed by atoms with Crippen LogP contribution in [0, 0.1) is 11.1 Å². The van der Waals surface area contributed by atoms with Gasteiger partial charge in [-0.2, -0.15) is 13.5 Å². The Morgan fingerprint density at radius 2 is 1.78 bits per heavy atom. The molecule has 0 bridgehead atoms. The standard InChI is InChI=1S/C32H29Cl2F2N3O9S/c1-37(2)30(41)22-13-20(8-9-26(22)40)49(44,45)39-11-3-4-25(39)31(42)47-28(14-21-23(33)15-38(43)16-24(21)34)19-7-10-27(48-32(35)36)29(12-19)46-17-18-5-6-18/h3-4,7-13,15-16,18,28,32,40H,5-6,14,17H2,1-2H3/t28-/m0/s1. The lowest BCUT2D eigenvalue weighted by atomic mass is 10.0. The lowest BCUT2D eigenvalue weighted by Gasteiger charge is -2.22. The summed E-state index contributed by atoms with van der Waals surface area (Å²) in [6.45, 7) is -2.92. The number of phenolic OH excluding ortho intramolecular Hbond substituents is 1. The van der Waals surface area contributed by atoms with Crippen molar-refractivity contribution in [3.05, 3.63) is 105 Å². The zero-order valence-corrected chi connectivity index (χ0v) is 28.2. The van der Waals surface area contributed by atoms with E-state index in [0.29, 0.717) is 8.70 Å². The van der Waals surface area contributed by atoms with Crippen LogP contribution in [-0.2, 0) is 21.2 Å². The van der Waals surface area contributed by atoms with Gasteiger partial charge in [0.05, 0.1) is 17.1 Å². The molecule has 1 saturated carbocycles. The molecule has 49 heavy (non-hydrogen) atoms. The highest BCUT2D eigenvalue weighted by atomic mass is 35.5. The molecule has 5 rings (SSSR count). The van der Waals surface area contributed by atoms with Crippen LogP contribution in [0.3, 0.4) is 0 Å². The largest absolute Gasteiger partial charge is 0.619 e. The average Bonchev–Trinajstić information content (AvgIpc) is 3.72. The predicted molar refractivity (Wildman–Crippen MR) is 172 cm³/mol. The number of aromatic hydroxyl groups is 1. The summed E-state index contributed by atoms with van der Waals surface area (Å²) in [7, 11) is -1.68. The van der Waals surface area contributed by atoms with Gasteiger partial charge in [-0.1, -0.05) is 29.3 Å². The molecule has 2 heterocycles. The van der Waals surface area contributed by atoms with E-state index in [0.717, 1.165) is 54.5 Å². The van der Waals surface area contributed by atoms with Gasteiger partial charge >= 0.3 is 12.6 Å². The van der Waals surface area contributed by atoms with Crippen molar-refractivity contribution in [1.29, 1.82) is 0 Å². The molecule has 0 radical (unpaired) electrons. The van der Waals surface area contributed by atoms with E-state index in [4.69, 9.17) is 32.7 Å². The second-order valence-corrected chi connectivity index (χ2v) is 13.9. The highest BCUT2D eigenvalue weighted by molar-refractivity contribution is 7.90.